The molecular weight excluding hydrogens is 322 g/mol. The summed E-state index contributed by atoms with van der Waals surface area (Å²) in [5.41, 5.74) is 3.74. The van der Waals surface area contributed by atoms with Crippen LogP contribution in [0.15, 0.2) is 59.7 Å². The van der Waals surface area contributed by atoms with Crippen molar-refractivity contribution in [1.82, 2.24) is 10.7 Å². The summed E-state index contributed by atoms with van der Waals surface area (Å²) in [5.74, 6) is -2.71. The highest BCUT2D eigenvalue weighted by atomic mass is 16.4. The van der Waals surface area contributed by atoms with Gasteiger partial charge in [0.25, 0.3) is 0 Å². The first-order chi connectivity index (χ1) is 12.0. The maximum Gasteiger partial charge on any atom is 0.335 e. The minimum absolute atomic E-state index is 0.149. The highest BCUT2D eigenvalue weighted by Gasteiger charge is 2.16. The van der Waals surface area contributed by atoms with Gasteiger partial charge < -0.3 is 10.4 Å². The molecule has 0 spiro atoms. The SMILES string of the molecule is CC(NC(=O)C(=O)N/N=C/c1ccc(C(=O)O)cc1)c1ccccc1. The number of aromatic carboxylic acids is 1. The lowest BCUT2D eigenvalue weighted by atomic mass is 10.1. The molecule has 2 aromatic rings. The molecule has 7 heteroatoms. The Kier molecular flexibility index (Phi) is 6.00. The van der Waals surface area contributed by atoms with Crippen molar-refractivity contribution in [2.24, 2.45) is 5.10 Å². The van der Waals surface area contributed by atoms with Crippen LogP contribution in [-0.4, -0.2) is 29.1 Å². The van der Waals surface area contributed by atoms with Gasteiger partial charge in [0.15, 0.2) is 0 Å². The number of hydrogen-bond donors (Lipinski definition) is 3. The number of nitrogens with zero attached hydrogens (tertiary/aromatic N) is 1. The van der Waals surface area contributed by atoms with Crippen LogP contribution in [0.25, 0.3) is 0 Å². The van der Waals surface area contributed by atoms with Crippen LogP contribution in [-0.2, 0) is 9.59 Å². The highest BCUT2D eigenvalue weighted by molar-refractivity contribution is 6.35. The average Bonchev–Trinajstić information content (AvgIpc) is 2.62. The van der Waals surface area contributed by atoms with Gasteiger partial charge in [0, 0.05) is 0 Å². The molecule has 3 N–H and O–H groups in total. The Morgan fingerprint density at radius 3 is 2.24 bits per heavy atom. The van der Waals surface area contributed by atoms with Gasteiger partial charge in [-0.3, -0.25) is 9.59 Å². The molecule has 0 fully saturated rings. The van der Waals surface area contributed by atoms with Crippen molar-refractivity contribution in [2.45, 2.75) is 13.0 Å². The van der Waals surface area contributed by atoms with E-state index in [9.17, 15) is 14.4 Å². The lowest BCUT2D eigenvalue weighted by Crippen LogP contribution is -2.39. The Balaban J connectivity index is 1.86. The fraction of sp³-hybridized carbons (Fsp3) is 0.111. The summed E-state index contributed by atoms with van der Waals surface area (Å²) in [6.07, 6.45) is 1.32. The van der Waals surface area contributed by atoms with E-state index in [0.29, 0.717) is 5.56 Å². The van der Waals surface area contributed by atoms with Crippen LogP contribution >= 0.6 is 0 Å². The number of hydrogen-bond acceptors (Lipinski definition) is 4. The van der Waals surface area contributed by atoms with E-state index < -0.39 is 17.8 Å². The van der Waals surface area contributed by atoms with Gasteiger partial charge in [-0.25, -0.2) is 10.2 Å². The zero-order valence-corrected chi connectivity index (χ0v) is 13.5. The van der Waals surface area contributed by atoms with Crippen molar-refractivity contribution in [1.29, 1.82) is 0 Å². The van der Waals surface area contributed by atoms with Crippen LogP contribution in [0, 0.1) is 0 Å². The molecule has 0 aromatic heterocycles. The standard InChI is InChI=1S/C18H17N3O4/c1-12(14-5-3-2-4-6-14)20-16(22)17(23)21-19-11-13-7-9-15(10-8-13)18(24)25/h2-12H,1H3,(H,20,22)(H,21,23)(H,24,25)/b19-11+. The molecule has 0 bridgehead atoms. The van der Waals surface area contributed by atoms with Crippen LogP contribution in [0.3, 0.4) is 0 Å². The summed E-state index contributed by atoms with van der Waals surface area (Å²) in [6, 6.07) is 14.8. The lowest BCUT2D eigenvalue weighted by molar-refractivity contribution is -0.139. The van der Waals surface area contributed by atoms with Crippen LogP contribution in [0.5, 0.6) is 0 Å². The second-order valence-corrected chi connectivity index (χ2v) is 5.23. The number of benzene rings is 2. The molecule has 2 aromatic carbocycles. The first-order valence-corrected chi connectivity index (χ1v) is 7.49. The van der Waals surface area contributed by atoms with E-state index in [-0.39, 0.29) is 11.6 Å². The van der Waals surface area contributed by atoms with E-state index in [1.807, 2.05) is 30.3 Å². The minimum Gasteiger partial charge on any atom is -0.478 e. The van der Waals surface area contributed by atoms with Crippen molar-refractivity contribution in [3.8, 4) is 0 Å². The average molecular weight is 339 g/mol. The summed E-state index contributed by atoms with van der Waals surface area (Å²) >= 11 is 0. The smallest absolute Gasteiger partial charge is 0.335 e. The van der Waals surface area contributed by atoms with E-state index in [1.165, 1.54) is 30.5 Å². The monoisotopic (exact) mass is 339 g/mol. The Bertz CT molecular complexity index is 786. The third kappa shape index (κ3) is 5.28. The van der Waals surface area contributed by atoms with Crippen LogP contribution in [0.1, 0.15) is 34.5 Å². The van der Waals surface area contributed by atoms with Gasteiger partial charge in [-0.15, -0.1) is 0 Å². The van der Waals surface area contributed by atoms with Crippen LogP contribution in [0.4, 0.5) is 0 Å². The predicted molar refractivity (Wildman–Crippen MR) is 92.1 cm³/mol. The number of hydrazone groups is 1. The summed E-state index contributed by atoms with van der Waals surface area (Å²) in [5, 5.41) is 15.1. The molecular formula is C18H17N3O4. The van der Waals surface area contributed by atoms with E-state index in [0.717, 1.165) is 5.56 Å². The van der Waals surface area contributed by atoms with Gasteiger partial charge in [0.2, 0.25) is 0 Å². The molecule has 2 rings (SSSR count). The normalized spacial score (nSPS) is 11.7. The molecule has 1 atom stereocenters. The van der Waals surface area contributed by atoms with Crippen LogP contribution in [0.2, 0.25) is 0 Å². The Labute approximate surface area is 144 Å². The fourth-order valence-electron chi connectivity index (χ4n) is 2.02. The molecule has 1 unspecified atom stereocenters. The molecule has 0 heterocycles. The number of amides is 2. The third-order valence-electron chi connectivity index (χ3n) is 3.39. The first kappa shape index (κ1) is 17.9. The highest BCUT2D eigenvalue weighted by Crippen LogP contribution is 2.10. The molecule has 7 nitrogen and oxygen atoms in total. The summed E-state index contributed by atoms with van der Waals surface area (Å²) < 4.78 is 0. The number of carbonyl (C=O) groups is 3. The van der Waals surface area contributed by atoms with E-state index in [4.69, 9.17) is 5.11 Å². The molecule has 0 saturated heterocycles. The number of nitrogens with one attached hydrogen (secondary N) is 2. The zero-order valence-electron chi connectivity index (χ0n) is 13.5. The Morgan fingerprint density at radius 2 is 1.64 bits per heavy atom. The second kappa shape index (κ2) is 8.39. The largest absolute Gasteiger partial charge is 0.478 e. The maximum atomic E-state index is 11.8. The van der Waals surface area contributed by atoms with Gasteiger partial charge in [-0.2, -0.15) is 5.10 Å². The van der Waals surface area contributed by atoms with Gasteiger partial charge in [-0.1, -0.05) is 42.5 Å². The van der Waals surface area contributed by atoms with E-state index in [2.05, 4.69) is 15.8 Å². The number of carboxylic acid groups (broad SMARTS) is 1. The lowest BCUT2D eigenvalue weighted by Gasteiger charge is -2.13. The molecule has 0 aliphatic carbocycles. The number of carbonyl (C=O) groups excluding carboxylic acids is 2. The van der Waals surface area contributed by atoms with Crippen LogP contribution < -0.4 is 10.7 Å². The second-order valence-electron chi connectivity index (χ2n) is 5.23. The van der Waals surface area contributed by atoms with Crippen molar-refractivity contribution in [2.75, 3.05) is 0 Å². The molecule has 0 aliphatic rings. The van der Waals surface area contributed by atoms with Crippen molar-refractivity contribution in [3.05, 3.63) is 71.3 Å². The minimum atomic E-state index is -1.03. The van der Waals surface area contributed by atoms with E-state index >= 15 is 0 Å². The van der Waals surface area contributed by atoms with Gasteiger partial charge in [0.1, 0.15) is 0 Å². The third-order valence-corrected chi connectivity index (χ3v) is 3.39. The number of carboxylic acids is 1. The Morgan fingerprint density at radius 1 is 1.00 bits per heavy atom. The van der Waals surface area contributed by atoms with Crippen molar-refractivity contribution in [3.63, 3.8) is 0 Å². The molecule has 0 aliphatic heterocycles. The molecule has 2 amide bonds. The summed E-state index contributed by atoms with van der Waals surface area (Å²) in [6.45, 7) is 1.77. The predicted octanol–water partition coefficient (Wildman–Crippen LogP) is 1.71. The molecule has 25 heavy (non-hydrogen) atoms. The summed E-state index contributed by atoms with van der Waals surface area (Å²) in [4.78, 5) is 34.3. The van der Waals surface area contributed by atoms with Gasteiger partial charge >= 0.3 is 17.8 Å². The quantitative estimate of drug-likeness (QED) is 0.438. The maximum absolute atomic E-state index is 11.8. The molecule has 0 saturated carbocycles. The molecule has 128 valence electrons. The van der Waals surface area contributed by atoms with Gasteiger partial charge in [-0.05, 0) is 30.2 Å². The van der Waals surface area contributed by atoms with Crippen molar-refractivity contribution < 1.29 is 19.5 Å². The zero-order chi connectivity index (χ0) is 18.2. The van der Waals surface area contributed by atoms with Gasteiger partial charge in [0.05, 0.1) is 17.8 Å². The topological polar surface area (TPSA) is 108 Å². The fourth-order valence-corrected chi connectivity index (χ4v) is 2.02. The number of rotatable bonds is 5. The van der Waals surface area contributed by atoms with E-state index in [1.54, 1.807) is 6.92 Å². The Hall–Kier alpha value is -3.48. The first-order valence-electron chi connectivity index (χ1n) is 7.49. The molecule has 0 radical (unpaired) electrons. The summed E-state index contributed by atoms with van der Waals surface area (Å²) in [7, 11) is 0. The van der Waals surface area contributed by atoms with Crippen molar-refractivity contribution >= 4 is 24.0 Å².